The van der Waals surface area contributed by atoms with Crippen molar-refractivity contribution in [2.75, 3.05) is 13.1 Å². The van der Waals surface area contributed by atoms with E-state index in [0.29, 0.717) is 17.4 Å². The average Bonchev–Trinajstić information content (AvgIpc) is 3.04. The van der Waals surface area contributed by atoms with Crippen LogP contribution in [0.2, 0.25) is 0 Å². The Labute approximate surface area is 220 Å². The molecule has 37 heavy (non-hydrogen) atoms. The number of amides is 1. The summed E-state index contributed by atoms with van der Waals surface area (Å²) in [6.07, 6.45) is 19.2. The molecule has 1 aliphatic heterocycles. The van der Waals surface area contributed by atoms with Crippen LogP contribution < -0.4 is 0 Å². The SMILES string of the molecule is CC1=CC=CCC(C2CCCN(C(=O)Cn3nc(-c4ccc(F)c(C)c4)cc3C3CCCCC3)CC2)=C1. The number of likely N-dealkylation sites (tertiary alicyclic amines) is 1. The van der Waals surface area contributed by atoms with Crippen molar-refractivity contribution in [1.82, 2.24) is 14.7 Å². The molecule has 3 aliphatic rings. The summed E-state index contributed by atoms with van der Waals surface area (Å²) >= 11 is 0. The smallest absolute Gasteiger partial charge is 0.244 e. The minimum atomic E-state index is -0.202. The minimum Gasteiger partial charge on any atom is -0.341 e. The molecule has 2 aliphatic carbocycles. The summed E-state index contributed by atoms with van der Waals surface area (Å²) in [4.78, 5) is 15.6. The van der Waals surface area contributed by atoms with Crippen molar-refractivity contribution < 1.29 is 9.18 Å². The molecule has 0 radical (unpaired) electrons. The fourth-order valence-corrected chi connectivity index (χ4v) is 6.28. The Bertz CT molecular complexity index is 1210. The minimum absolute atomic E-state index is 0.161. The zero-order valence-electron chi connectivity index (χ0n) is 22.4. The highest BCUT2D eigenvalue weighted by molar-refractivity contribution is 5.76. The van der Waals surface area contributed by atoms with E-state index in [1.165, 1.54) is 36.5 Å². The topological polar surface area (TPSA) is 38.1 Å². The maximum atomic E-state index is 13.9. The van der Waals surface area contributed by atoms with Gasteiger partial charge in [0, 0.05) is 30.3 Å². The van der Waals surface area contributed by atoms with Crippen molar-refractivity contribution in [1.29, 1.82) is 0 Å². The molecule has 1 unspecified atom stereocenters. The van der Waals surface area contributed by atoms with E-state index in [2.05, 4.69) is 42.2 Å². The fraction of sp³-hybridized carbons (Fsp3) is 0.500. The molecule has 1 aromatic heterocycles. The standard InChI is InChI=1S/C32H40FN3O/c1-23-9-6-7-12-27(19-23)25-13-8-17-35(18-16-25)32(37)22-36-31(26-10-4-3-5-11-26)21-30(34-36)28-14-15-29(33)24(2)20-28/h6-7,9,14-15,19-21,25-26H,3-5,8,10-13,16-18,22H2,1-2H3. The summed E-state index contributed by atoms with van der Waals surface area (Å²) in [6, 6.07) is 7.32. The zero-order valence-corrected chi connectivity index (χ0v) is 22.4. The lowest BCUT2D eigenvalue weighted by Crippen LogP contribution is -2.35. The second-order valence-electron chi connectivity index (χ2n) is 11.2. The Morgan fingerprint density at radius 3 is 2.62 bits per heavy atom. The van der Waals surface area contributed by atoms with Gasteiger partial charge in [0.25, 0.3) is 0 Å². The largest absolute Gasteiger partial charge is 0.341 e. The van der Waals surface area contributed by atoms with Crippen LogP contribution in [0.3, 0.4) is 0 Å². The van der Waals surface area contributed by atoms with Gasteiger partial charge in [0.1, 0.15) is 12.4 Å². The van der Waals surface area contributed by atoms with Gasteiger partial charge in [0.05, 0.1) is 5.69 Å². The van der Waals surface area contributed by atoms with Gasteiger partial charge in [-0.3, -0.25) is 9.48 Å². The lowest BCUT2D eigenvalue weighted by molar-refractivity contribution is -0.132. The van der Waals surface area contributed by atoms with Crippen molar-refractivity contribution in [3.8, 4) is 11.3 Å². The van der Waals surface area contributed by atoms with Crippen LogP contribution in [0.5, 0.6) is 0 Å². The third-order valence-electron chi connectivity index (χ3n) is 8.44. The first kappa shape index (κ1) is 25.7. The number of benzene rings is 1. The molecule has 196 valence electrons. The number of aryl methyl sites for hydroxylation is 1. The number of allylic oxidation sites excluding steroid dienone is 6. The van der Waals surface area contributed by atoms with Gasteiger partial charge in [-0.25, -0.2) is 4.39 Å². The lowest BCUT2D eigenvalue weighted by atomic mass is 9.86. The highest BCUT2D eigenvalue weighted by Crippen LogP contribution is 2.35. The quantitative estimate of drug-likeness (QED) is 0.425. The number of rotatable bonds is 5. The van der Waals surface area contributed by atoms with Crippen molar-refractivity contribution in [2.24, 2.45) is 5.92 Å². The first-order valence-electron chi connectivity index (χ1n) is 14.1. The first-order valence-corrected chi connectivity index (χ1v) is 14.1. The summed E-state index contributed by atoms with van der Waals surface area (Å²) in [5.74, 6) is 0.935. The predicted octanol–water partition coefficient (Wildman–Crippen LogP) is 7.51. The molecule has 1 amide bonds. The highest BCUT2D eigenvalue weighted by Gasteiger charge is 2.26. The number of hydrogen-bond acceptors (Lipinski definition) is 2. The average molecular weight is 502 g/mol. The molecule has 1 saturated carbocycles. The number of halogens is 1. The third-order valence-corrected chi connectivity index (χ3v) is 8.44. The van der Waals surface area contributed by atoms with E-state index in [9.17, 15) is 9.18 Å². The molecular formula is C32H40FN3O. The van der Waals surface area contributed by atoms with E-state index >= 15 is 0 Å². The van der Waals surface area contributed by atoms with Gasteiger partial charge in [-0.2, -0.15) is 5.10 Å². The van der Waals surface area contributed by atoms with Gasteiger partial charge in [0.15, 0.2) is 0 Å². The monoisotopic (exact) mass is 501 g/mol. The van der Waals surface area contributed by atoms with Gasteiger partial charge in [0.2, 0.25) is 5.91 Å². The Balaban J connectivity index is 1.32. The molecule has 5 rings (SSSR count). The van der Waals surface area contributed by atoms with E-state index in [-0.39, 0.29) is 18.3 Å². The van der Waals surface area contributed by atoms with Gasteiger partial charge in [-0.1, -0.05) is 54.7 Å². The lowest BCUT2D eigenvalue weighted by Gasteiger charge is -2.24. The second kappa shape index (κ2) is 11.6. The van der Waals surface area contributed by atoms with E-state index in [1.54, 1.807) is 13.0 Å². The molecule has 2 heterocycles. The first-order chi connectivity index (χ1) is 18.0. The van der Waals surface area contributed by atoms with Crippen LogP contribution in [0, 0.1) is 18.7 Å². The van der Waals surface area contributed by atoms with Crippen molar-refractivity contribution in [3.05, 3.63) is 76.8 Å². The number of nitrogens with zero attached hydrogens (tertiary/aromatic N) is 3. The molecule has 2 fully saturated rings. The van der Waals surface area contributed by atoms with Gasteiger partial charge < -0.3 is 4.90 Å². The predicted molar refractivity (Wildman–Crippen MR) is 148 cm³/mol. The Kier molecular flexibility index (Phi) is 8.07. The maximum absolute atomic E-state index is 13.9. The van der Waals surface area contributed by atoms with E-state index in [1.807, 2.05) is 10.7 Å². The highest BCUT2D eigenvalue weighted by atomic mass is 19.1. The van der Waals surface area contributed by atoms with Crippen LogP contribution in [-0.2, 0) is 11.3 Å². The molecule has 4 nitrogen and oxygen atoms in total. The van der Waals surface area contributed by atoms with Crippen molar-refractivity contribution >= 4 is 5.91 Å². The molecule has 2 aromatic rings. The summed E-state index contributed by atoms with van der Waals surface area (Å²) in [6.45, 7) is 5.85. The number of hydrogen-bond donors (Lipinski definition) is 0. The van der Waals surface area contributed by atoms with E-state index in [0.717, 1.165) is 68.6 Å². The third kappa shape index (κ3) is 6.14. The van der Waals surface area contributed by atoms with Crippen LogP contribution in [0.4, 0.5) is 4.39 Å². The summed E-state index contributed by atoms with van der Waals surface area (Å²) < 4.78 is 15.9. The van der Waals surface area contributed by atoms with Gasteiger partial charge in [-0.15, -0.1) is 0 Å². The van der Waals surface area contributed by atoms with Crippen LogP contribution in [-0.4, -0.2) is 33.7 Å². The summed E-state index contributed by atoms with van der Waals surface area (Å²) in [5, 5.41) is 4.92. The van der Waals surface area contributed by atoms with E-state index in [4.69, 9.17) is 5.10 Å². The summed E-state index contributed by atoms with van der Waals surface area (Å²) in [7, 11) is 0. The molecule has 0 spiro atoms. The van der Waals surface area contributed by atoms with Crippen LogP contribution >= 0.6 is 0 Å². The number of carbonyl (C=O) groups excluding carboxylic acids is 1. The molecule has 1 atom stereocenters. The number of aromatic nitrogens is 2. The van der Waals surface area contributed by atoms with Crippen LogP contribution in [0.25, 0.3) is 11.3 Å². The van der Waals surface area contributed by atoms with Crippen LogP contribution in [0.15, 0.2) is 59.7 Å². The van der Waals surface area contributed by atoms with Crippen molar-refractivity contribution in [3.63, 3.8) is 0 Å². The second-order valence-corrected chi connectivity index (χ2v) is 11.2. The Morgan fingerprint density at radius 1 is 1.00 bits per heavy atom. The molecule has 0 N–H and O–H groups in total. The van der Waals surface area contributed by atoms with E-state index < -0.39 is 0 Å². The molecule has 1 saturated heterocycles. The van der Waals surface area contributed by atoms with Gasteiger partial charge in [-0.05, 0) is 88.1 Å². The van der Waals surface area contributed by atoms with Gasteiger partial charge >= 0.3 is 0 Å². The molecule has 5 heteroatoms. The molecular weight excluding hydrogens is 461 g/mol. The Hall–Kier alpha value is -2.95. The van der Waals surface area contributed by atoms with Crippen LogP contribution in [0.1, 0.15) is 81.9 Å². The fourth-order valence-electron chi connectivity index (χ4n) is 6.28. The number of carbonyl (C=O) groups is 1. The molecule has 1 aromatic carbocycles. The Morgan fingerprint density at radius 2 is 1.81 bits per heavy atom. The maximum Gasteiger partial charge on any atom is 0.244 e. The summed E-state index contributed by atoms with van der Waals surface area (Å²) in [5.41, 5.74) is 6.34. The zero-order chi connectivity index (χ0) is 25.8. The molecule has 0 bridgehead atoms. The van der Waals surface area contributed by atoms with Crippen molar-refractivity contribution in [2.45, 2.75) is 84.1 Å². The normalized spacial score (nSPS) is 21.3.